The van der Waals surface area contributed by atoms with Gasteiger partial charge in [0.25, 0.3) is 0 Å². The average molecular weight is 525 g/mol. The van der Waals surface area contributed by atoms with Gasteiger partial charge in [-0.05, 0) is 24.8 Å². The van der Waals surface area contributed by atoms with Crippen LogP contribution >= 0.6 is 47.1 Å². The van der Waals surface area contributed by atoms with Gasteiger partial charge in [0.2, 0.25) is 0 Å². The molecule has 0 aromatic carbocycles. The third kappa shape index (κ3) is 6.76. The van der Waals surface area contributed by atoms with Gasteiger partial charge in [0.05, 0.1) is 25.8 Å². The van der Waals surface area contributed by atoms with E-state index >= 15 is 0 Å². The number of nitrogens with one attached hydrogen (secondary N) is 1. The van der Waals surface area contributed by atoms with Gasteiger partial charge in [-0.25, -0.2) is 0 Å². The van der Waals surface area contributed by atoms with E-state index in [9.17, 15) is 0 Å². The maximum Gasteiger partial charge on any atom is 0.194 e. The molecule has 2 fully saturated rings. The molecule has 2 aliphatic rings. The van der Waals surface area contributed by atoms with E-state index in [1.807, 2.05) is 11.3 Å². The summed E-state index contributed by atoms with van der Waals surface area (Å²) in [7, 11) is 0. The van der Waals surface area contributed by atoms with Crippen LogP contribution in [0.4, 0.5) is 0 Å². The smallest absolute Gasteiger partial charge is 0.194 e. The molecule has 0 aliphatic carbocycles. The first-order chi connectivity index (χ1) is 12.8. The normalized spacial score (nSPS) is 23.0. The molecule has 2 aliphatic heterocycles. The number of hydrogen-bond acceptors (Lipinski definition) is 5. The Labute approximate surface area is 189 Å². The van der Waals surface area contributed by atoms with Crippen molar-refractivity contribution in [2.75, 3.05) is 58.2 Å². The minimum absolute atomic E-state index is 0. The molecular weight excluding hydrogens is 491 g/mol. The van der Waals surface area contributed by atoms with E-state index in [0.717, 1.165) is 63.7 Å². The van der Waals surface area contributed by atoms with Crippen LogP contribution in [0.25, 0.3) is 0 Å². The Morgan fingerprint density at radius 1 is 1.33 bits per heavy atom. The summed E-state index contributed by atoms with van der Waals surface area (Å²) >= 11 is 3.94. The summed E-state index contributed by atoms with van der Waals surface area (Å²) in [4.78, 5) is 11.5. The second-order valence-electron chi connectivity index (χ2n) is 6.72. The van der Waals surface area contributed by atoms with Crippen molar-refractivity contribution in [3.05, 3.63) is 22.4 Å². The molecule has 3 rings (SSSR count). The number of halogens is 1. The van der Waals surface area contributed by atoms with Crippen molar-refractivity contribution >= 4 is 53.0 Å². The van der Waals surface area contributed by atoms with Gasteiger partial charge in [-0.3, -0.25) is 9.89 Å². The Kier molecular flexibility index (Phi) is 10.8. The fourth-order valence-electron chi connectivity index (χ4n) is 3.51. The van der Waals surface area contributed by atoms with Crippen molar-refractivity contribution in [3.8, 4) is 0 Å². The van der Waals surface area contributed by atoms with Crippen molar-refractivity contribution in [1.29, 1.82) is 0 Å². The van der Waals surface area contributed by atoms with Crippen molar-refractivity contribution in [1.82, 2.24) is 15.1 Å². The number of thiophene rings is 1. The highest BCUT2D eigenvalue weighted by Crippen LogP contribution is 2.27. The molecule has 0 radical (unpaired) electrons. The summed E-state index contributed by atoms with van der Waals surface area (Å²) in [5.74, 6) is 2.28. The summed E-state index contributed by atoms with van der Waals surface area (Å²) in [6, 6.07) is 4.75. The zero-order valence-electron chi connectivity index (χ0n) is 16.4. The number of guanidine groups is 1. The number of ether oxygens (including phenoxy) is 1. The second-order valence-corrected chi connectivity index (χ2v) is 9.11. The standard InChI is InChI=1S/C19H32N4OS2.HI/c1-3-16-15-23(9-13-25-16)19(20-4-2)21-14-17(18-6-5-12-26-18)22-7-10-24-11-8-22;/h5-6,12,16-17H,3-4,7-11,13-15H2,1-2H3,(H,20,21);1H. The number of hydrogen-bond donors (Lipinski definition) is 1. The van der Waals surface area contributed by atoms with Crippen LogP contribution in [0, 0.1) is 0 Å². The van der Waals surface area contributed by atoms with E-state index < -0.39 is 0 Å². The van der Waals surface area contributed by atoms with Gasteiger partial charge in [0, 0.05) is 48.6 Å². The maximum atomic E-state index is 5.55. The molecule has 5 nitrogen and oxygen atoms in total. The molecule has 27 heavy (non-hydrogen) atoms. The highest BCUT2D eigenvalue weighted by atomic mass is 127. The molecule has 1 aromatic rings. The zero-order valence-corrected chi connectivity index (χ0v) is 20.4. The van der Waals surface area contributed by atoms with Gasteiger partial charge >= 0.3 is 0 Å². The largest absolute Gasteiger partial charge is 0.379 e. The molecule has 0 amide bonds. The van der Waals surface area contributed by atoms with Gasteiger partial charge in [-0.15, -0.1) is 35.3 Å². The van der Waals surface area contributed by atoms with E-state index in [2.05, 4.69) is 58.2 Å². The third-order valence-electron chi connectivity index (χ3n) is 5.00. The molecule has 2 atom stereocenters. The molecule has 1 N–H and O–H groups in total. The fourth-order valence-corrected chi connectivity index (χ4v) is 5.55. The molecule has 8 heteroatoms. The highest BCUT2D eigenvalue weighted by Gasteiger charge is 2.25. The first-order valence-electron chi connectivity index (χ1n) is 9.81. The van der Waals surface area contributed by atoms with Crippen molar-refractivity contribution in [2.24, 2.45) is 4.99 Å². The Hall–Kier alpha value is -0.0300. The molecule has 0 saturated carbocycles. The number of thioether (sulfide) groups is 1. The van der Waals surface area contributed by atoms with Gasteiger partial charge in [0.1, 0.15) is 0 Å². The van der Waals surface area contributed by atoms with Crippen LogP contribution in [0.5, 0.6) is 0 Å². The number of nitrogens with zero attached hydrogens (tertiary/aromatic N) is 3. The highest BCUT2D eigenvalue weighted by molar-refractivity contribution is 14.0. The predicted molar refractivity (Wildman–Crippen MR) is 129 cm³/mol. The SMILES string of the molecule is CCNC(=NCC(c1cccs1)N1CCOCC1)N1CCSC(CC)C1.I. The zero-order chi connectivity index (χ0) is 18.2. The minimum atomic E-state index is 0. The Balaban J connectivity index is 0.00000261. The quantitative estimate of drug-likeness (QED) is 0.351. The van der Waals surface area contributed by atoms with Crippen LogP contribution in [0.2, 0.25) is 0 Å². The van der Waals surface area contributed by atoms with Crippen LogP contribution in [0.15, 0.2) is 22.5 Å². The lowest BCUT2D eigenvalue weighted by atomic mass is 10.2. The second kappa shape index (κ2) is 12.5. The van der Waals surface area contributed by atoms with Gasteiger partial charge < -0.3 is 15.0 Å². The van der Waals surface area contributed by atoms with Crippen LogP contribution in [-0.2, 0) is 4.74 Å². The molecule has 3 heterocycles. The number of aliphatic imine (C=N–C) groups is 1. The molecule has 0 spiro atoms. The topological polar surface area (TPSA) is 40.1 Å². The summed E-state index contributed by atoms with van der Waals surface area (Å²) in [6.45, 7) is 12.0. The predicted octanol–water partition coefficient (Wildman–Crippen LogP) is 3.53. The molecular formula is C19H33IN4OS2. The van der Waals surface area contributed by atoms with Gasteiger partial charge in [0.15, 0.2) is 5.96 Å². The van der Waals surface area contributed by atoms with Crippen LogP contribution in [0.1, 0.15) is 31.2 Å². The van der Waals surface area contributed by atoms with E-state index in [1.165, 1.54) is 17.1 Å². The Morgan fingerprint density at radius 3 is 2.81 bits per heavy atom. The molecule has 0 bridgehead atoms. The van der Waals surface area contributed by atoms with Crippen molar-refractivity contribution in [2.45, 2.75) is 31.6 Å². The number of rotatable bonds is 6. The van der Waals surface area contributed by atoms with Crippen molar-refractivity contribution < 1.29 is 4.74 Å². The summed E-state index contributed by atoms with van der Waals surface area (Å²) < 4.78 is 5.55. The Morgan fingerprint density at radius 2 is 2.15 bits per heavy atom. The van der Waals surface area contributed by atoms with E-state index in [-0.39, 0.29) is 24.0 Å². The van der Waals surface area contributed by atoms with Crippen LogP contribution in [0.3, 0.4) is 0 Å². The lowest BCUT2D eigenvalue weighted by molar-refractivity contribution is 0.0186. The van der Waals surface area contributed by atoms with Crippen LogP contribution < -0.4 is 5.32 Å². The minimum Gasteiger partial charge on any atom is -0.379 e. The Bertz CT molecular complexity index is 552. The molecule has 1 aromatic heterocycles. The maximum absolute atomic E-state index is 5.55. The van der Waals surface area contributed by atoms with Gasteiger partial charge in [-0.1, -0.05) is 13.0 Å². The van der Waals surface area contributed by atoms with Crippen molar-refractivity contribution in [3.63, 3.8) is 0 Å². The number of morpholine rings is 1. The summed E-state index contributed by atoms with van der Waals surface area (Å²) in [6.07, 6.45) is 1.23. The third-order valence-corrected chi connectivity index (χ3v) is 7.35. The summed E-state index contributed by atoms with van der Waals surface area (Å²) in [5, 5.41) is 6.42. The first kappa shape index (κ1) is 23.3. The van der Waals surface area contributed by atoms with E-state index in [0.29, 0.717) is 6.04 Å². The van der Waals surface area contributed by atoms with Gasteiger partial charge in [-0.2, -0.15) is 11.8 Å². The first-order valence-corrected chi connectivity index (χ1v) is 11.7. The molecule has 2 unspecified atom stereocenters. The van der Waals surface area contributed by atoms with Crippen LogP contribution in [-0.4, -0.2) is 79.2 Å². The average Bonchev–Trinajstić information content (AvgIpc) is 3.23. The molecule has 2 saturated heterocycles. The lowest BCUT2D eigenvalue weighted by Crippen LogP contribution is -2.48. The summed E-state index contributed by atoms with van der Waals surface area (Å²) in [5.41, 5.74) is 0. The van der Waals surface area contributed by atoms with E-state index in [4.69, 9.17) is 9.73 Å². The lowest BCUT2D eigenvalue weighted by Gasteiger charge is -2.36. The van der Waals surface area contributed by atoms with E-state index in [1.54, 1.807) is 0 Å². The monoisotopic (exact) mass is 524 g/mol. The fraction of sp³-hybridized carbons (Fsp3) is 0.737. The molecule has 154 valence electrons.